The lowest BCUT2D eigenvalue weighted by Gasteiger charge is -2.18. The molecule has 1 amide bonds. The van der Waals surface area contributed by atoms with Crippen LogP contribution in [0.4, 0.5) is 0 Å². The van der Waals surface area contributed by atoms with E-state index in [0.29, 0.717) is 24.8 Å². The van der Waals surface area contributed by atoms with E-state index in [9.17, 15) is 4.79 Å². The zero-order valence-electron chi connectivity index (χ0n) is 9.86. The summed E-state index contributed by atoms with van der Waals surface area (Å²) in [6.45, 7) is 1.36. The molecule has 92 valence electrons. The standard InChI is InChI=1S/C13H16ClNO2/c1-17-12-5-3-2-4-11(12)9-15-8-10(7-14)6-13(15)16/h2-5,10H,6-9H2,1H3. The highest BCUT2D eigenvalue weighted by atomic mass is 35.5. The van der Waals surface area contributed by atoms with Crippen molar-refractivity contribution in [3.63, 3.8) is 0 Å². The van der Waals surface area contributed by atoms with Crippen molar-refractivity contribution in [2.75, 3.05) is 19.5 Å². The van der Waals surface area contributed by atoms with Crippen LogP contribution < -0.4 is 4.74 Å². The molecule has 2 rings (SSSR count). The van der Waals surface area contributed by atoms with Gasteiger partial charge in [0.2, 0.25) is 5.91 Å². The fourth-order valence-corrected chi connectivity index (χ4v) is 2.36. The number of hydrogen-bond donors (Lipinski definition) is 0. The third kappa shape index (κ3) is 2.72. The molecule has 0 saturated carbocycles. The van der Waals surface area contributed by atoms with Crippen LogP contribution in [-0.4, -0.2) is 30.3 Å². The minimum atomic E-state index is 0.182. The van der Waals surface area contributed by atoms with E-state index in [-0.39, 0.29) is 5.91 Å². The van der Waals surface area contributed by atoms with Gasteiger partial charge in [0.15, 0.2) is 0 Å². The maximum absolute atomic E-state index is 11.8. The Labute approximate surface area is 106 Å². The summed E-state index contributed by atoms with van der Waals surface area (Å²) in [5.41, 5.74) is 1.04. The Morgan fingerprint density at radius 2 is 2.24 bits per heavy atom. The van der Waals surface area contributed by atoms with E-state index in [0.717, 1.165) is 17.9 Å². The van der Waals surface area contributed by atoms with Crippen molar-refractivity contribution in [2.24, 2.45) is 5.92 Å². The van der Waals surface area contributed by atoms with Gasteiger partial charge in [-0.3, -0.25) is 4.79 Å². The second-order valence-corrected chi connectivity index (χ2v) is 4.62. The molecule has 1 fully saturated rings. The minimum absolute atomic E-state index is 0.182. The Morgan fingerprint density at radius 3 is 2.88 bits per heavy atom. The average Bonchev–Trinajstić information content (AvgIpc) is 2.71. The van der Waals surface area contributed by atoms with Crippen molar-refractivity contribution in [2.45, 2.75) is 13.0 Å². The van der Waals surface area contributed by atoms with E-state index in [1.807, 2.05) is 29.2 Å². The second-order valence-electron chi connectivity index (χ2n) is 4.31. The number of rotatable bonds is 4. The van der Waals surface area contributed by atoms with Crippen molar-refractivity contribution in [1.29, 1.82) is 0 Å². The SMILES string of the molecule is COc1ccccc1CN1CC(CCl)CC1=O. The number of carbonyl (C=O) groups excluding carboxylic acids is 1. The van der Waals surface area contributed by atoms with Gasteiger partial charge in [-0.1, -0.05) is 18.2 Å². The number of likely N-dealkylation sites (tertiary alicyclic amines) is 1. The van der Waals surface area contributed by atoms with Crippen molar-refractivity contribution >= 4 is 17.5 Å². The molecule has 3 nitrogen and oxygen atoms in total. The van der Waals surface area contributed by atoms with Gasteiger partial charge in [-0.05, 0) is 12.0 Å². The Hall–Kier alpha value is -1.22. The van der Waals surface area contributed by atoms with Gasteiger partial charge in [-0.15, -0.1) is 11.6 Å². The highest BCUT2D eigenvalue weighted by Gasteiger charge is 2.29. The lowest BCUT2D eigenvalue weighted by Crippen LogP contribution is -2.25. The van der Waals surface area contributed by atoms with E-state index < -0.39 is 0 Å². The van der Waals surface area contributed by atoms with Crippen molar-refractivity contribution in [3.8, 4) is 5.75 Å². The van der Waals surface area contributed by atoms with Crippen LogP contribution in [0.3, 0.4) is 0 Å². The van der Waals surface area contributed by atoms with Gasteiger partial charge in [0.25, 0.3) is 0 Å². The number of ether oxygens (including phenoxy) is 1. The molecule has 0 aliphatic carbocycles. The Morgan fingerprint density at radius 1 is 1.47 bits per heavy atom. The third-order valence-electron chi connectivity index (χ3n) is 3.07. The largest absolute Gasteiger partial charge is 0.496 e. The molecule has 0 radical (unpaired) electrons. The summed E-state index contributed by atoms with van der Waals surface area (Å²) in [5, 5.41) is 0. The normalized spacial score (nSPS) is 19.8. The zero-order chi connectivity index (χ0) is 12.3. The molecule has 0 bridgehead atoms. The van der Waals surface area contributed by atoms with E-state index in [2.05, 4.69) is 0 Å². The summed E-state index contributed by atoms with van der Waals surface area (Å²) in [6.07, 6.45) is 0.568. The fourth-order valence-electron chi connectivity index (χ4n) is 2.15. The molecular formula is C13H16ClNO2. The molecule has 1 atom stereocenters. The first kappa shape index (κ1) is 12.2. The number of methoxy groups -OCH3 is 1. The number of halogens is 1. The maximum atomic E-state index is 11.8. The van der Waals surface area contributed by atoms with E-state index in [1.54, 1.807) is 7.11 Å². The highest BCUT2D eigenvalue weighted by molar-refractivity contribution is 6.18. The van der Waals surface area contributed by atoms with Gasteiger partial charge < -0.3 is 9.64 Å². The van der Waals surface area contributed by atoms with Crippen molar-refractivity contribution in [1.82, 2.24) is 4.90 Å². The molecule has 0 spiro atoms. The highest BCUT2D eigenvalue weighted by Crippen LogP contribution is 2.24. The van der Waals surface area contributed by atoms with Crippen LogP contribution in [0.5, 0.6) is 5.75 Å². The molecule has 1 aromatic rings. The summed E-state index contributed by atoms with van der Waals surface area (Å²) >= 11 is 5.80. The number of amides is 1. The number of hydrogen-bond acceptors (Lipinski definition) is 2. The Kier molecular flexibility index (Phi) is 3.89. The molecule has 0 N–H and O–H groups in total. The molecule has 1 unspecified atom stereocenters. The molecule has 0 aromatic heterocycles. The molecule has 1 heterocycles. The summed E-state index contributed by atoms with van der Waals surface area (Å²) in [7, 11) is 1.65. The van der Waals surface area contributed by atoms with Crippen LogP contribution in [0.15, 0.2) is 24.3 Å². The van der Waals surface area contributed by atoms with Crippen LogP contribution in [0.2, 0.25) is 0 Å². The van der Waals surface area contributed by atoms with Gasteiger partial charge in [0.05, 0.1) is 7.11 Å². The second kappa shape index (κ2) is 5.41. The van der Waals surface area contributed by atoms with E-state index in [4.69, 9.17) is 16.3 Å². The maximum Gasteiger partial charge on any atom is 0.223 e. The van der Waals surface area contributed by atoms with Crippen molar-refractivity contribution in [3.05, 3.63) is 29.8 Å². The molecule has 1 aromatic carbocycles. The van der Waals surface area contributed by atoms with E-state index in [1.165, 1.54) is 0 Å². The predicted molar refractivity (Wildman–Crippen MR) is 67.2 cm³/mol. The van der Waals surface area contributed by atoms with Gasteiger partial charge in [0, 0.05) is 31.0 Å². The minimum Gasteiger partial charge on any atom is -0.496 e. The van der Waals surface area contributed by atoms with Crippen LogP contribution >= 0.6 is 11.6 Å². The quantitative estimate of drug-likeness (QED) is 0.771. The number of alkyl halides is 1. The lowest BCUT2D eigenvalue weighted by molar-refractivity contribution is -0.128. The zero-order valence-corrected chi connectivity index (χ0v) is 10.6. The van der Waals surface area contributed by atoms with Crippen LogP contribution in [0, 0.1) is 5.92 Å². The summed E-state index contributed by atoms with van der Waals surface area (Å²) < 4.78 is 5.28. The average molecular weight is 254 g/mol. The molecule has 4 heteroatoms. The lowest BCUT2D eigenvalue weighted by atomic mass is 10.1. The fraction of sp³-hybridized carbons (Fsp3) is 0.462. The first-order valence-electron chi connectivity index (χ1n) is 5.70. The monoisotopic (exact) mass is 253 g/mol. The first-order valence-corrected chi connectivity index (χ1v) is 6.23. The Bertz CT molecular complexity index is 408. The number of para-hydroxylation sites is 1. The van der Waals surface area contributed by atoms with Gasteiger partial charge in [0.1, 0.15) is 5.75 Å². The molecular weight excluding hydrogens is 238 g/mol. The molecule has 17 heavy (non-hydrogen) atoms. The van der Waals surface area contributed by atoms with E-state index >= 15 is 0 Å². The van der Waals surface area contributed by atoms with Gasteiger partial charge in [-0.2, -0.15) is 0 Å². The van der Waals surface area contributed by atoms with Crippen LogP contribution in [0.1, 0.15) is 12.0 Å². The summed E-state index contributed by atoms with van der Waals surface area (Å²) in [4.78, 5) is 13.6. The molecule has 1 aliphatic rings. The molecule has 1 saturated heterocycles. The van der Waals surface area contributed by atoms with Crippen LogP contribution in [-0.2, 0) is 11.3 Å². The summed E-state index contributed by atoms with van der Waals surface area (Å²) in [6, 6.07) is 7.78. The smallest absolute Gasteiger partial charge is 0.223 e. The van der Waals surface area contributed by atoms with Crippen molar-refractivity contribution < 1.29 is 9.53 Å². The van der Waals surface area contributed by atoms with Crippen LogP contribution in [0.25, 0.3) is 0 Å². The van der Waals surface area contributed by atoms with Gasteiger partial charge >= 0.3 is 0 Å². The first-order chi connectivity index (χ1) is 8.24. The van der Waals surface area contributed by atoms with Gasteiger partial charge in [-0.25, -0.2) is 0 Å². The number of carbonyl (C=O) groups is 1. The predicted octanol–water partition coefficient (Wildman–Crippen LogP) is 2.28. The third-order valence-corrected chi connectivity index (χ3v) is 3.50. The molecule has 1 aliphatic heterocycles. The number of nitrogens with zero attached hydrogens (tertiary/aromatic N) is 1. The topological polar surface area (TPSA) is 29.5 Å². The Balaban J connectivity index is 2.08. The number of benzene rings is 1. The summed E-state index contributed by atoms with van der Waals surface area (Å²) in [5.74, 6) is 1.85.